The zero-order valence-electron chi connectivity index (χ0n) is 14.3. The Bertz CT molecular complexity index is 795. The molecule has 3 aromatic rings. The standard InChI is InChI=1S/C18H24N6/c1-3-4-5-8-11-19-18-20-15-10-7-6-9-14(15)17(22-18)21-16-12-13(2)23-24-16/h6-7,9-10,12H,3-5,8,11H2,1-2H3,(H3,19,20,21,22,23,24). The van der Waals surface area contributed by atoms with E-state index in [1.165, 1.54) is 19.3 Å². The van der Waals surface area contributed by atoms with Crippen molar-refractivity contribution in [3.63, 3.8) is 0 Å². The van der Waals surface area contributed by atoms with E-state index in [2.05, 4.69) is 37.7 Å². The zero-order valence-corrected chi connectivity index (χ0v) is 14.3. The third-order valence-corrected chi connectivity index (χ3v) is 3.88. The van der Waals surface area contributed by atoms with Crippen molar-refractivity contribution in [2.75, 3.05) is 17.2 Å². The number of rotatable bonds is 8. The zero-order chi connectivity index (χ0) is 16.8. The van der Waals surface area contributed by atoms with Crippen molar-refractivity contribution in [1.82, 2.24) is 20.2 Å². The number of nitrogens with one attached hydrogen (secondary N) is 3. The molecule has 0 unspecified atom stereocenters. The van der Waals surface area contributed by atoms with Crippen molar-refractivity contribution in [3.05, 3.63) is 36.0 Å². The molecule has 2 heterocycles. The van der Waals surface area contributed by atoms with Crippen LogP contribution >= 0.6 is 0 Å². The molecule has 0 amide bonds. The van der Waals surface area contributed by atoms with E-state index in [1.807, 2.05) is 37.3 Å². The number of hydrogen-bond acceptors (Lipinski definition) is 5. The summed E-state index contributed by atoms with van der Waals surface area (Å²) < 4.78 is 0. The first-order chi connectivity index (χ1) is 11.8. The number of unbranched alkanes of at least 4 members (excludes halogenated alkanes) is 3. The molecule has 24 heavy (non-hydrogen) atoms. The fourth-order valence-electron chi connectivity index (χ4n) is 2.62. The molecule has 126 valence electrons. The number of hydrogen-bond donors (Lipinski definition) is 3. The molecule has 3 rings (SSSR count). The molecule has 0 saturated heterocycles. The molecule has 0 spiro atoms. The van der Waals surface area contributed by atoms with Crippen molar-refractivity contribution in [2.24, 2.45) is 0 Å². The Labute approximate surface area is 142 Å². The van der Waals surface area contributed by atoms with Crippen LogP contribution in [-0.2, 0) is 0 Å². The predicted octanol–water partition coefficient (Wildman–Crippen LogP) is 4.40. The van der Waals surface area contributed by atoms with Crippen LogP contribution in [0.3, 0.4) is 0 Å². The average molecular weight is 324 g/mol. The Kier molecular flexibility index (Phi) is 5.25. The fourth-order valence-corrected chi connectivity index (χ4v) is 2.62. The summed E-state index contributed by atoms with van der Waals surface area (Å²) in [4.78, 5) is 9.25. The molecule has 6 nitrogen and oxygen atoms in total. The van der Waals surface area contributed by atoms with Gasteiger partial charge in [0, 0.05) is 18.0 Å². The maximum atomic E-state index is 4.64. The van der Waals surface area contributed by atoms with Gasteiger partial charge in [0.05, 0.1) is 11.2 Å². The lowest BCUT2D eigenvalue weighted by molar-refractivity contribution is 0.683. The van der Waals surface area contributed by atoms with Gasteiger partial charge in [-0.3, -0.25) is 5.10 Å². The lowest BCUT2D eigenvalue weighted by Gasteiger charge is -2.10. The SMILES string of the molecule is CCCCCCNc1nc(Nc2cc(C)n[nH]2)c2ccccc2n1. The number of para-hydroxylation sites is 1. The molecule has 0 aliphatic carbocycles. The highest BCUT2D eigenvalue weighted by molar-refractivity contribution is 5.91. The third kappa shape index (κ3) is 4.01. The summed E-state index contributed by atoms with van der Waals surface area (Å²) in [5, 5.41) is 14.7. The van der Waals surface area contributed by atoms with Crippen molar-refractivity contribution in [2.45, 2.75) is 39.5 Å². The van der Waals surface area contributed by atoms with E-state index in [0.29, 0.717) is 5.95 Å². The smallest absolute Gasteiger partial charge is 0.225 e. The van der Waals surface area contributed by atoms with Gasteiger partial charge in [-0.1, -0.05) is 38.3 Å². The number of aryl methyl sites for hydroxylation is 1. The van der Waals surface area contributed by atoms with Gasteiger partial charge >= 0.3 is 0 Å². The second kappa shape index (κ2) is 7.77. The maximum Gasteiger partial charge on any atom is 0.225 e. The van der Waals surface area contributed by atoms with E-state index in [1.54, 1.807) is 0 Å². The van der Waals surface area contributed by atoms with Gasteiger partial charge in [0.2, 0.25) is 5.95 Å². The van der Waals surface area contributed by atoms with Crippen LogP contribution < -0.4 is 10.6 Å². The summed E-state index contributed by atoms with van der Waals surface area (Å²) in [6.07, 6.45) is 4.87. The number of aromatic nitrogens is 4. The van der Waals surface area contributed by atoms with Gasteiger partial charge in [-0.05, 0) is 25.5 Å². The van der Waals surface area contributed by atoms with E-state index in [9.17, 15) is 0 Å². The average Bonchev–Trinajstić information content (AvgIpc) is 3.00. The molecule has 0 aliphatic heterocycles. The van der Waals surface area contributed by atoms with Crippen molar-refractivity contribution < 1.29 is 0 Å². The number of fused-ring (bicyclic) bond motifs is 1. The predicted molar refractivity (Wildman–Crippen MR) is 98.8 cm³/mol. The van der Waals surface area contributed by atoms with E-state index >= 15 is 0 Å². The Balaban J connectivity index is 1.80. The molecule has 0 aliphatic rings. The summed E-state index contributed by atoms with van der Waals surface area (Å²) in [6.45, 7) is 5.05. The lowest BCUT2D eigenvalue weighted by atomic mass is 10.2. The molecule has 0 bridgehead atoms. The number of aromatic amines is 1. The lowest BCUT2D eigenvalue weighted by Crippen LogP contribution is -2.07. The van der Waals surface area contributed by atoms with Gasteiger partial charge < -0.3 is 10.6 Å². The number of benzene rings is 1. The summed E-state index contributed by atoms with van der Waals surface area (Å²) >= 11 is 0. The van der Waals surface area contributed by atoms with E-state index in [0.717, 1.165) is 41.2 Å². The molecule has 6 heteroatoms. The van der Waals surface area contributed by atoms with Crippen LogP contribution in [0, 0.1) is 6.92 Å². The first kappa shape index (κ1) is 16.2. The molecule has 0 fully saturated rings. The summed E-state index contributed by atoms with van der Waals surface area (Å²) in [7, 11) is 0. The normalized spacial score (nSPS) is 10.9. The van der Waals surface area contributed by atoms with Crippen molar-refractivity contribution >= 4 is 28.5 Å². The Morgan fingerprint density at radius 2 is 1.96 bits per heavy atom. The first-order valence-electron chi connectivity index (χ1n) is 8.56. The van der Waals surface area contributed by atoms with Crippen LogP contribution in [0.1, 0.15) is 38.3 Å². The molecular weight excluding hydrogens is 300 g/mol. The quantitative estimate of drug-likeness (QED) is 0.535. The highest BCUT2D eigenvalue weighted by Crippen LogP contribution is 2.24. The van der Waals surface area contributed by atoms with E-state index < -0.39 is 0 Å². The number of anilines is 3. The largest absolute Gasteiger partial charge is 0.354 e. The minimum absolute atomic E-state index is 0.656. The Morgan fingerprint density at radius 1 is 1.08 bits per heavy atom. The van der Waals surface area contributed by atoms with Gasteiger partial charge in [-0.25, -0.2) is 4.98 Å². The van der Waals surface area contributed by atoms with Crippen LogP contribution in [0.25, 0.3) is 10.9 Å². The van der Waals surface area contributed by atoms with Crippen LogP contribution in [0.15, 0.2) is 30.3 Å². The number of H-pyrrole nitrogens is 1. The van der Waals surface area contributed by atoms with Crippen molar-refractivity contribution in [3.8, 4) is 0 Å². The van der Waals surface area contributed by atoms with E-state index in [-0.39, 0.29) is 0 Å². The molecule has 0 radical (unpaired) electrons. The Hall–Kier alpha value is -2.63. The number of nitrogens with zero attached hydrogens (tertiary/aromatic N) is 3. The van der Waals surface area contributed by atoms with Gasteiger partial charge in [0.25, 0.3) is 0 Å². The monoisotopic (exact) mass is 324 g/mol. The van der Waals surface area contributed by atoms with Gasteiger partial charge in [0.15, 0.2) is 0 Å². The van der Waals surface area contributed by atoms with Crippen LogP contribution in [-0.4, -0.2) is 26.7 Å². The molecular formula is C18H24N6. The summed E-state index contributed by atoms with van der Waals surface area (Å²) in [5.74, 6) is 2.26. The second-order valence-corrected chi connectivity index (χ2v) is 5.95. The highest BCUT2D eigenvalue weighted by Gasteiger charge is 2.08. The minimum Gasteiger partial charge on any atom is -0.354 e. The highest BCUT2D eigenvalue weighted by atomic mass is 15.2. The minimum atomic E-state index is 0.656. The van der Waals surface area contributed by atoms with Crippen molar-refractivity contribution in [1.29, 1.82) is 0 Å². The third-order valence-electron chi connectivity index (χ3n) is 3.88. The van der Waals surface area contributed by atoms with Gasteiger partial charge in [0.1, 0.15) is 11.6 Å². The summed E-state index contributed by atoms with van der Waals surface area (Å²) in [5.41, 5.74) is 1.85. The first-order valence-corrected chi connectivity index (χ1v) is 8.56. The van der Waals surface area contributed by atoms with Crippen LogP contribution in [0.2, 0.25) is 0 Å². The molecule has 3 N–H and O–H groups in total. The maximum absolute atomic E-state index is 4.64. The van der Waals surface area contributed by atoms with Crippen LogP contribution in [0.5, 0.6) is 0 Å². The van der Waals surface area contributed by atoms with Crippen LogP contribution in [0.4, 0.5) is 17.6 Å². The molecule has 2 aromatic heterocycles. The molecule has 0 saturated carbocycles. The van der Waals surface area contributed by atoms with Gasteiger partial charge in [-0.2, -0.15) is 10.1 Å². The summed E-state index contributed by atoms with van der Waals surface area (Å²) in [6, 6.07) is 9.96. The molecule has 1 aromatic carbocycles. The van der Waals surface area contributed by atoms with E-state index in [4.69, 9.17) is 0 Å². The second-order valence-electron chi connectivity index (χ2n) is 5.95. The van der Waals surface area contributed by atoms with Gasteiger partial charge in [-0.15, -0.1) is 0 Å². The Morgan fingerprint density at radius 3 is 2.75 bits per heavy atom. The molecule has 0 atom stereocenters. The fraction of sp³-hybridized carbons (Fsp3) is 0.389. The topological polar surface area (TPSA) is 78.5 Å².